The van der Waals surface area contributed by atoms with Crippen molar-refractivity contribution in [2.24, 2.45) is 11.1 Å². The van der Waals surface area contributed by atoms with Gasteiger partial charge >= 0.3 is 6.18 Å². The first-order valence-electron chi connectivity index (χ1n) is 5.66. The van der Waals surface area contributed by atoms with Crippen molar-refractivity contribution in [1.82, 2.24) is 0 Å². The Labute approximate surface area is 105 Å². The Morgan fingerprint density at radius 2 is 1.61 bits per heavy atom. The fraction of sp³-hybridized carbons (Fsp3) is 0.538. The molecule has 0 heterocycles. The van der Waals surface area contributed by atoms with E-state index in [9.17, 15) is 13.2 Å². The zero-order chi connectivity index (χ0) is 14.0. The van der Waals surface area contributed by atoms with Crippen molar-refractivity contribution < 1.29 is 17.9 Å². The Hall–Kier alpha value is -1.23. The first-order chi connectivity index (χ1) is 8.10. The van der Waals surface area contributed by atoms with E-state index in [1.807, 2.05) is 20.8 Å². The van der Waals surface area contributed by atoms with Gasteiger partial charge in [-0.2, -0.15) is 13.2 Å². The highest BCUT2D eigenvalue weighted by Gasteiger charge is 2.30. The third-order valence-electron chi connectivity index (χ3n) is 2.72. The monoisotopic (exact) mass is 261 g/mol. The SMILES string of the molecule is CC(C)(C)C(N)COc1ccc(C(F)(F)F)cc1. The number of halogens is 3. The number of nitrogens with two attached hydrogens (primary N) is 1. The highest BCUT2D eigenvalue weighted by Crippen LogP contribution is 2.30. The average Bonchev–Trinajstić information content (AvgIpc) is 2.24. The molecule has 0 spiro atoms. The summed E-state index contributed by atoms with van der Waals surface area (Å²) in [5.74, 6) is 0.391. The molecule has 0 fully saturated rings. The highest BCUT2D eigenvalue weighted by atomic mass is 19.4. The van der Waals surface area contributed by atoms with Crippen LogP contribution in [0.4, 0.5) is 13.2 Å². The first kappa shape index (κ1) is 14.8. The van der Waals surface area contributed by atoms with E-state index in [1.54, 1.807) is 0 Å². The zero-order valence-corrected chi connectivity index (χ0v) is 10.7. The minimum Gasteiger partial charge on any atom is -0.492 e. The molecule has 0 saturated heterocycles. The molecular formula is C13H18F3NO. The molecule has 0 aliphatic rings. The molecule has 1 aromatic rings. The number of benzene rings is 1. The molecule has 18 heavy (non-hydrogen) atoms. The van der Waals surface area contributed by atoms with Crippen LogP contribution in [0.25, 0.3) is 0 Å². The summed E-state index contributed by atoms with van der Waals surface area (Å²) in [4.78, 5) is 0. The second-order valence-corrected chi connectivity index (χ2v) is 5.31. The molecule has 2 nitrogen and oxygen atoms in total. The van der Waals surface area contributed by atoms with Crippen LogP contribution in [-0.4, -0.2) is 12.6 Å². The maximum absolute atomic E-state index is 12.3. The van der Waals surface area contributed by atoms with Crippen LogP contribution in [-0.2, 0) is 6.18 Å². The topological polar surface area (TPSA) is 35.2 Å². The van der Waals surface area contributed by atoms with Crippen LogP contribution in [0.2, 0.25) is 0 Å². The smallest absolute Gasteiger partial charge is 0.416 e. The van der Waals surface area contributed by atoms with Crippen LogP contribution in [0.15, 0.2) is 24.3 Å². The predicted molar refractivity (Wildman–Crippen MR) is 64.4 cm³/mol. The second-order valence-electron chi connectivity index (χ2n) is 5.31. The summed E-state index contributed by atoms with van der Waals surface area (Å²) in [5.41, 5.74) is 5.10. The van der Waals surface area contributed by atoms with E-state index >= 15 is 0 Å². The third kappa shape index (κ3) is 4.22. The molecule has 0 saturated carbocycles. The number of rotatable bonds is 3. The van der Waals surface area contributed by atoms with E-state index in [0.29, 0.717) is 5.75 Å². The lowest BCUT2D eigenvalue weighted by atomic mass is 9.88. The van der Waals surface area contributed by atoms with Crippen LogP contribution in [0.3, 0.4) is 0 Å². The van der Waals surface area contributed by atoms with Gasteiger partial charge in [0.1, 0.15) is 12.4 Å². The van der Waals surface area contributed by atoms with Gasteiger partial charge in [0.25, 0.3) is 0 Å². The molecule has 0 bridgehead atoms. The van der Waals surface area contributed by atoms with Gasteiger partial charge in [-0.1, -0.05) is 20.8 Å². The van der Waals surface area contributed by atoms with E-state index in [2.05, 4.69) is 0 Å². The molecule has 1 rings (SSSR count). The summed E-state index contributed by atoms with van der Waals surface area (Å²) < 4.78 is 42.4. The molecule has 0 aliphatic carbocycles. The summed E-state index contributed by atoms with van der Waals surface area (Å²) in [6.45, 7) is 6.21. The number of hydrogen-bond acceptors (Lipinski definition) is 2. The van der Waals surface area contributed by atoms with Gasteiger partial charge in [0.15, 0.2) is 0 Å². The fourth-order valence-corrected chi connectivity index (χ4v) is 1.18. The minimum absolute atomic E-state index is 0.105. The minimum atomic E-state index is -4.32. The Bertz CT molecular complexity index is 379. The number of hydrogen-bond donors (Lipinski definition) is 1. The van der Waals surface area contributed by atoms with Crippen LogP contribution in [0.1, 0.15) is 26.3 Å². The Morgan fingerprint density at radius 1 is 1.11 bits per heavy atom. The van der Waals surface area contributed by atoms with E-state index in [1.165, 1.54) is 12.1 Å². The maximum atomic E-state index is 12.3. The molecule has 0 aromatic heterocycles. The molecule has 1 unspecified atom stereocenters. The van der Waals surface area contributed by atoms with Crippen molar-refractivity contribution in [2.45, 2.75) is 33.0 Å². The van der Waals surface area contributed by atoms with Crippen LogP contribution < -0.4 is 10.5 Å². The van der Waals surface area contributed by atoms with Gasteiger partial charge in [0.05, 0.1) is 5.56 Å². The van der Waals surface area contributed by atoms with Crippen molar-refractivity contribution in [3.8, 4) is 5.75 Å². The van der Waals surface area contributed by atoms with Crippen molar-refractivity contribution in [2.75, 3.05) is 6.61 Å². The van der Waals surface area contributed by atoms with Gasteiger partial charge in [0, 0.05) is 6.04 Å². The van der Waals surface area contributed by atoms with Crippen molar-refractivity contribution in [3.63, 3.8) is 0 Å². The molecule has 2 N–H and O–H groups in total. The summed E-state index contributed by atoms with van der Waals surface area (Å²) in [6, 6.07) is 4.42. The van der Waals surface area contributed by atoms with E-state index < -0.39 is 11.7 Å². The predicted octanol–water partition coefficient (Wildman–Crippen LogP) is 3.46. The fourth-order valence-electron chi connectivity index (χ4n) is 1.18. The summed E-state index contributed by atoms with van der Waals surface area (Å²) in [6.07, 6.45) is -4.32. The molecule has 0 aliphatic heterocycles. The third-order valence-corrected chi connectivity index (χ3v) is 2.72. The van der Waals surface area contributed by atoms with Crippen molar-refractivity contribution >= 4 is 0 Å². The lowest BCUT2D eigenvalue weighted by Crippen LogP contribution is -2.40. The number of alkyl halides is 3. The van der Waals surface area contributed by atoms with Crippen LogP contribution in [0, 0.1) is 5.41 Å². The Morgan fingerprint density at radius 3 is 2.00 bits per heavy atom. The summed E-state index contributed by atoms with van der Waals surface area (Å²) >= 11 is 0. The molecule has 1 aromatic carbocycles. The average molecular weight is 261 g/mol. The molecule has 0 radical (unpaired) electrons. The molecule has 5 heteroatoms. The molecule has 102 valence electrons. The Balaban J connectivity index is 2.60. The first-order valence-corrected chi connectivity index (χ1v) is 5.66. The summed E-state index contributed by atoms with van der Waals surface area (Å²) in [7, 11) is 0. The molecular weight excluding hydrogens is 243 g/mol. The normalized spacial score (nSPS) is 14.4. The zero-order valence-electron chi connectivity index (χ0n) is 10.7. The quantitative estimate of drug-likeness (QED) is 0.904. The largest absolute Gasteiger partial charge is 0.492 e. The number of ether oxygens (including phenoxy) is 1. The van der Waals surface area contributed by atoms with Gasteiger partial charge in [-0.25, -0.2) is 0 Å². The van der Waals surface area contributed by atoms with Crippen molar-refractivity contribution in [1.29, 1.82) is 0 Å². The van der Waals surface area contributed by atoms with Gasteiger partial charge < -0.3 is 10.5 Å². The van der Waals surface area contributed by atoms with Gasteiger partial charge in [0.2, 0.25) is 0 Å². The van der Waals surface area contributed by atoms with Gasteiger partial charge in [-0.05, 0) is 29.7 Å². The second kappa shape index (κ2) is 5.18. The summed E-state index contributed by atoms with van der Waals surface area (Å²) in [5, 5.41) is 0. The van der Waals surface area contributed by atoms with Crippen LogP contribution >= 0.6 is 0 Å². The van der Waals surface area contributed by atoms with E-state index in [4.69, 9.17) is 10.5 Å². The van der Waals surface area contributed by atoms with E-state index in [-0.39, 0.29) is 18.1 Å². The van der Waals surface area contributed by atoms with E-state index in [0.717, 1.165) is 12.1 Å². The Kier molecular flexibility index (Phi) is 4.27. The van der Waals surface area contributed by atoms with Gasteiger partial charge in [-0.3, -0.25) is 0 Å². The van der Waals surface area contributed by atoms with Gasteiger partial charge in [-0.15, -0.1) is 0 Å². The van der Waals surface area contributed by atoms with Crippen molar-refractivity contribution in [3.05, 3.63) is 29.8 Å². The molecule has 1 atom stereocenters. The maximum Gasteiger partial charge on any atom is 0.416 e. The van der Waals surface area contributed by atoms with Crippen LogP contribution in [0.5, 0.6) is 5.75 Å². The standard InChI is InChI=1S/C13H18F3NO/c1-12(2,3)11(17)8-18-10-6-4-9(5-7-10)13(14,15)16/h4-7,11H,8,17H2,1-3H3. The molecule has 0 amide bonds. The lowest BCUT2D eigenvalue weighted by Gasteiger charge is -2.26. The lowest BCUT2D eigenvalue weighted by molar-refractivity contribution is -0.137. The highest BCUT2D eigenvalue weighted by molar-refractivity contribution is 5.28.